The van der Waals surface area contributed by atoms with Gasteiger partial charge >= 0.3 is 0 Å². The van der Waals surface area contributed by atoms with Crippen molar-refractivity contribution in [1.29, 1.82) is 0 Å². The molecular weight excluding hydrogens is 464 g/mol. The molecule has 0 N–H and O–H groups in total. The lowest BCUT2D eigenvalue weighted by molar-refractivity contribution is -0.125. The number of piperidine rings is 1. The van der Waals surface area contributed by atoms with Crippen LogP contribution in [0, 0.1) is 11.8 Å². The van der Waals surface area contributed by atoms with E-state index in [1.165, 1.54) is 25.7 Å². The van der Waals surface area contributed by atoms with Crippen molar-refractivity contribution in [2.75, 3.05) is 18.0 Å². The summed E-state index contributed by atoms with van der Waals surface area (Å²) >= 11 is 3.57. The van der Waals surface area contributed by atoms with Crippen LogP contribution in [0.3, 0.4) is 0 Å². The zero-order valence-corrected chi connectivity index (χ0v) is 21.6. The van der Waals surface area contributed by atoms with E-state index in [-0.39, 0.29) is 23.7 Å². The van der Waals surface area contributed by atoms with Crippen LogP contribution < -0.4 is 4.90 Å². The van der Waals surface area contributed by atoms with Crippen LogP contribution in [0.25, 0.3) is 0 Å². The van der Waals surface area contributed by atoms with Gasteiger partial charge in [0.15, 0.2) is 0 Å². The minimum absolute atomic E-state index is 0.137. The second-order valence-corrected chi connectivity index (χ2v) is 11.5. The van der Waals surface area contributed by atoms with E-state index in [0.717, 1.165) is 66.0 Å². The summed E-state index contributed by atoms with van der Waals surface area (Å²) in [7, 11) is 0. The number of hydrogen-bond donors (Lipinski definition) is 0. The molecular formula is C27H39BrN2O2. The number of nitrogens with zero attached hydrogens (tertiary/aromatic N) is 2. The summed E-state index contributed by atoms with van der Waals surface area (Å²) in [5, 5.41) is 0. The van der Waals surface area contributed by atoms with Gasteiger partial charge in [-0.25, -0.2) is 0 Å². The van der Waals surface area contributed by atoms with Crippen LogP contribution in [0.4, 0.5) is 5.69 Å². The molecule has 32 heavy (non-hydrogen) atoms. The van der Waals surface area contributed by atoms with Crippen molar-refractivity contribution in [2.45, 2.75) is 96.6 Å². The first-order valence-corrected chi connectivity index (χ1v) is 13.6. The van der Waals surface area contributed by atoms with Crippen LogP contribution in [-0.4, -0.2) is 41.8 Å². The molecule has 1 saturated heterocycles. The molecule has 0 radical (unpaired) electrons. The van der Waals surface area contributed by atoms with Gasteiger partial charge in [-0.3, -0.25) is 9.59 Å². The quantitative estimate of drug-likeness (QED) is 0.437. The molecule has 1 saturated carbocycles. The molecule has 2 heterocycles. The number of fused-ring (bicyclic) bond motifs is 1. The number of likely N-dealkylation sites (tertiary alicyclic amines) is 1. The summed E-state index contributed by atoms with van der Waals surface area (Å²) in [6, 6.07) is 7.12. The zero-order valence-electron chi connectivity index (χ0n) is 20.0. The predicted molar refractivity (Wildman–Crippen MR) is 134 cm³/mol. The number of Topliss-reactive ketones (excluding diaryl/α,β-unsaturated/α-hetero) is 1. The fourth-order valence-corrected chi connectivity index (χ4v) is 6.65. The van der Waals surface area contributed by atoms with Crippen molar-refractivity contribution in [3.8, 4) is 0 Å². The topological polar surface area (TPSA) is 40.6 Å². The first-order chi connectivity index (χ1) is 15.4. The minimum atomic E-state index is -0.314. The first kappa shape index (κ1) is 23.9. The predicted octanol–water partition coefficient (Wildman–Crippen LogP) is 6.32. The number of anilines is 1. The van der Waals surface area contributed by atoms with Crippen LogP contribution in [0.5, 0.6) is 0 Å². The van der Waals surface area contributed by atoms with E-state index in [9.17, 15) is 9.59 Å². The molecule has 1 aromatic carbocycles. The van der Waals surface area contributed by atoms with E-state index >= 15 is 0 Å². The molecule has 2 aliphatic heterocycles. The summed E-state index contributed by atoms with van der Waals surface area (Å²) in [6.45, 7) is 8.91. The third-order valence-corrected chi connectivity index (χ3v) is 8.68. The maximum absolute atomic E-state index is 13.5. The Labute approximate surface area is 202 Å². The van der Waals surface area contributed by atoms with Crippen molar-refractivity contribution >= 4 is 33.3 Å². The van der Waals surface area contributed by atoms with Crippen molar-refractivity contribution in [3.63, 3.8) is 0 Å². The van der Waals surface area contributed by atoms with Crippen LogP contribution in [0.1, 0.15) is 90.0 Å². The van der Waals surface area contributed by atoms with Gasteiger partial charge in [-0.05, 0) is 80.5 Å². The third kappa shape index (κ3) is 4.99. The summed E-state index contributed by atoms with van der Waals surface area (Å²) in [4.78, 5) is 30.7. The average molecular weight is 504 g/mol. The lowest BCUT2D eigenvalue weighted by atomic mass is 9.79. The Morgan fingerprint density at radius 2 is 1.75 bits per heavy atom. The van der Waals surface area contributed by atoms with Crippen molar-refractivity contribution < 1.29 is 9.59 Å². The molecule has 176 valence electrons. The fourth-order valence-electron chi connectivity index (χ4n) is 6.27. The monoisotopic (exact) mass is 502 g/mol. The van der Waals surface area contributed by atoms with E-state index in [1.807, 2.05) is 13.0 Å². The normalized spacial score (nSPS) is 27.2. The van der Waals surface area contributed by atoms with Gasteiger partial charge < -0.3 is 9.80 Å². The molecule has 1 unspecified atom stereocenters. The number of carbonyl (C=O) groups excluding carboxylic acids is 2. The van der Waals surface area contributed by atoms with Crippen LogP contribution in [0.15, 0.2) is 22.7 Å². The molecule has 5 heteroatoms. The number of carbonyl (C=O) groups is 2. The van der Waals surface area contributed by atoms with Gasteiger partial charge in [0.2, 0.25) is 5.91 Å². The molecule has 1 aliphatic carbocycles. The van der Waals surface area contributed by atoms with Crippen molar-refractivity contribution in [3.05, 3.63) is 28.2 Å². The molecule has 4 nitrogen and oxygen atoms in total. The second kappa shape index (κ2) is 10.4. The largest absolute Gasteiger partial charge is 0.308 e. The molecule has 0 aromatic heterocycles. The highest BCUT2D eigenvalue weighted by atomic mass is 79.9. The standard InChI is InChI=1S/C27H39BrN2O2/c1-4-5-23(31)17-25-24-16-20(28)8-11-26(24)30(27(25)32)22-12-14-29(15-13-22)21-9-6-19(7-10-21)18(2)3/h8,11,16,18-19,21-22,25H,4-7,9-10,12-15,17H2,1-3H3. The van der Waals surface area contributed by atoms with E-state index in [1.54, 1.807) is 0 Å². The Hall–Kier alpha value is -1.20. The number of ketones is 1. The number of hydrogen-bond acceptors (Lipinski definition) is 3. The molecule has 0 spiro atoms. The van der Waals surface area contributed by atoms with Gasteiger partial charge in [-0.2, -0.15) is 0 Å². The van der Waals surface area contributed by atoms with Crippen LogP contribution in [0.2, 0.25) is 0 Å². The first-order valence-electron chi connectivity index (χ1n) is 12.8. The second-order valence-electron chi connectivity index (χ2n) is 10.5. The maximum atomic E-state index is 13.5. The van der Waals surface area contributed by atoms with E-state index in [2.05, 4.69) is 51.7 Å². The van der Waals surface area contributed by atoms with Gasteiger partial charge in [0.1, 0.15) is 5.78 Å². The number of benzene rings is 1. The Balaban J connectivity index is 1.42. The van der Waals surface area contributed by atoms with Crippen LogP contribution in [-0.2, 0) is 9.59 Å². The number of rotatable bonds is 7. The molecule has 4 rings (SSSR count). The smallest absolute Gasteiger partial charge is 0.235 e. The average Bonchev–Trinajstić information content (AvgIpc) is 3.05. The molecule has 0 bridgehead atoms. The van der Waals surface area contributed by atoms with Crippen molar-refractivity contribution in [1.82, 2.24) is 4.90 Å². The minimum Gasteiger partial charge on any atom is -0.308 e. The SMILES string of the molecule is CCCC(=O)CC1C(=O)N(C2CCN(C3CCC(C(C)C)CC3)CC2)c2ccc(Br)cc21. The van der Waals surface area contributed by atoms with Crippen LogP contribution >= 0.6 is 15.9 Å². The van der Waals surface area contributed by atoms with Crippen molar-refractivity contribution in [2.24, 2.45) is 11.8 Å². The Morgan fingerprint density at radius 1 is 1.06 bits per heavy atom. The van der Waals surface area contributed by atoms with Gasteiger partial charge in [0.25, 0.3) is 0 Å². The highest BCUT2D eigenvalue weighted by molar-refractivity contribution is 9.10. The zero-order chi connectivity index (χ0) is 22.8. The molecule has 1 amide bonds. The molecule has 3 aliphatic rings. The number of amides is 1. The Bertz CT molecular complexity index is 823. The Morgan fingerprint density at radius 3 is 2.38 bits per heavy atom. The van der Waals surface area contributed by atoms with Gasteiger partial charge in [-0.1, -0.05) is 36.7 Å². The van der Waals surface area contributed by atoms with Gasteiger partial charge in [0.05, 0.1) is 5.92 Å². The lowest BCUT2D eigenvalue weighted by Gasteiger charge is -2.43. The van der Waals surface area contributed by atoms with Gasteiger partial charge in [0, 0.05) is 48.2 Å². The number of halogens is 1. The third-order valence-electron chi connectivity index (χ3n) is 8.19. The van der Waals surface area contributed by atoms with E-state index < -0.39 is 0 Å². The Kier molecular flexibility index (Phi) is 7.77. The van der Waals surface area contributed by atoms with Gasteiger partial charge in [-0.15, -0.1) is 0 Å². The van der Waals surface area contributed by atoms with E-state index in [0.29, 0.717) is 12.8 Å². The molecule has 1 atom stereocenters. The fraction of sp³-hybridized carbons (Fsp3) is 0.704. The molecule has 2 fully saturated rings. The summed E-state index contributed by atoms with van der Waals surface area (Å²) in [6.07, 6.45) is 9.18. The maximum Gasteiger partial charge on any atom is 0.235 e. The molecule has 1 aromatic rings. The lowest BCUT2D eigenvalue weighted by Crippen LogP contribution is -2.50. The summed E-state index contributed by atoms with van der Waals surface area (Å²) in [5.41, 5.74) is 2.06. The summed E-state index contributed by atoms with van der Waals surface area (Å²) < 4.78 is 0.977. The highest BCUT2D eigenvalue weighted by Gasteiger charge is 2.42. The highest BCUT2D eigenvalue weighted by Crippen LogP contribution is 2.44. The summed E-state index contributed by atoms with van der Waals surface area (Å²) in [5.74, 6) is 1.73. The van der Waals surface area contributed by atoms with E-state index in [4.69, 9.17) is 0 Å².